The van der Waals surface area contributed by atoms with E-state index >= 15 is 0 Å². The number of benzene rings is 7. The predicted octanol–water partition coefficient (Wildman–Crippen LogP) is 11.0. The fourth-order valence-corrected chi connectivity index (χ4v) is 6.60. The van der Waals surface area contributed by atoms with Gasteiger partial charge in [0.1, 0.15) is 36.6 Å². The molecule has 6 nitrogen and oxygen atoms in total. The van der Waals surface area contributed by atoms with Crippen molar-refractivity contribution < 1.29 is 28.7 Å². The van der Waals surface area contributed by atoms with Crippen LogP contribution in [0.2, 0.25) is 0 Å². The number of hydrogen-bond donors (Lipinski definition) is 0. The van der Waals surface area contributed by atoms with Crippen LogP contribution >= 0.6 is 0 Å². The van der Waals surface area contributed by atoms with E-state index in [1.54, 1.807) is 62.8 Å². The van der Waals surface area contributed by atoms with Crippen molar-refractivity contribution in [3.63, 3.8) is 0 Å². The van der Waals surface area contributed by atoms with Gasteiger partial charge >= 0.3 is 0 Å². The minimum absolute atomic E-state index is 0.588. The molecule has 0 spiro atoms. The van der Waals surface area contributed by atoms with E-state index in [1.165, 1.54) is 0 Å². The van der Waals surface area contributed by atoms with E-state index < -0.39 is 0 Å². The Bertz CT molecular complexity index is 2180. The lowest BCUT2D eigenvalue weighted by molar-refractivity contribution is 0.111. The summed E-state index contributed by atoms with van der Waals surface area (Å²) in [7, 11) is 3.28. The fourth-order valence-electron chi connectivity index (χ4n) is 6.60. The van der Waals surface area contributed by atoms with Crippen LogP contribution < -0.4 is 9.47 Å². The highest BCUT2D eigenvalue weighted by Gasteiger charge is 2.18. The molecule has 0 heterocycles. The van der Waals surface area contributed by atoms with Crippen molar-refractivity contribution in [3.8, 4) is 78.3 Å². The van der Waals surface area contributed by atoms with Gasteiger partial charge in [-0.05, 0) is 104 Å². The molecular weight excluding hydrogens is 673 g/mol. The number of ether oxygens (including phenoxy) is 2. The number of hydrogen-bond acceptors (Lipinski definition) is 6. The molecule has 0 radical (unpaired) electrons. The van der Waals surface area contributed by atoms with Gasteiger partial charge in [-0.25, -0.2) is 0 Å². The first kappa shape index (κ1) is 35.2. The molecule has 0 saturated carbocycles. The summed E-state index contributed by atoms with van der Waals surface area (Å²) in [5, 5.41) is 0. The Morgan fingerprint density at radius 2 is 0.519 bits per heavy atom. The lowest BCUT2D eigenvalue weighted by Crippen LogP contribution is -1.96. The van der Waals surface area contributed by atoms with Gasteiger partial charge in [-0.3, -0.25) is 19.2 Å². The Hall–Kier alpha value is -7.18. The van der Waals surface area contributed by atoms with Crippen molar-refractivity contribution in [3.05, 3.63) is 168 Å². The maximum atomic E-state index is 11.4. The number of rotatable bonds is 12. The summed E-state index contributed by atoms with van der Waals surface area (Å²) in [6.45, 7) is 0. The molecule has 0 aromatic heterocycles. The van der Waals surface area contributed by atoms with Crippen LogP contribution in [0.5, 0.6) is 11.5 Å². The minimum Gasteiger partial charge on any atom is -0.496 e. The van der Waals surface area contributed by atoms with Crippen LogP contribution in [-0.2, 0) is 0 Å². The lowest BCUT2D eigenvalue weighted by atomic mass is 9.90. The fraction of sp³-hybridized carbons (Fsp3) is 0.0417. The highest BCUT2D eigenvalue weighted by Crippen LogP contribution is 2.44. The van der Waals surface area contributed by atoms with E-state index in [1.807, 2.05) is 60.7 Å². The summed E-state index contributed by atoms with van der Waals surface area (Å²) < 4.78 is 12.2. The van der Waals surface area contributed by atoms with Crippen molar-refractivity contribution in [1.82, 2.24) is 0 Å². The maximum absolute atomic E-state index is 11.4. The number of carbonyl (C=O) groups excluding carboxylic acids is 4. The van der Waals surface area contributed by atoms with Gasteiger partial charge in [0.2, 0.25) is 0 Å². The van der Waals surface area contributed by atoms with Gasteiger partial charge < -0.3 is 9.47 Å². The average molecular weight is 707 g/mol. The summed E-state index contributed by atoms with van der Waals surface area (Å²) in [4.78, 5) is 45.6. The van der Waals surface area contributed by atoms with E-state index in [9.17, 15) is 19.2 Å². The molecule has 0 fully saturated rings. The molecule has 7 aromatic rings. The highest BCUT2D eigenvalue weighted by atomic mass is 16.5. The molecule has 7 aromatic carbocycles. The van der Waals surface area contributed by atoms with Crippen LogP contribution in [0, 0.1) is 0 Å². The average Bonchev–Trinajstić information content (AvgIpc) is 3.25. The molecule has 0 amide bonds. The van der Waals surface area contributed by atoms with E-state index in [2.05, 4.69) is 36.4 Å². The molecule has 0 aliphatic rings. The van der Waals surface area contributed by atoms with E-state index in [-0.39, 0.29) is 0 Å². The van der Waals surface area contributed by atoms with Crippen LogP contribution in [-0.4, -0.2) is 39.4 Å². The zero-order valence-corrected chi connectivity index (χ0v) is 29.6. The molecule has 54 heavy (non-hydrogen) atoms. The molecule has 7 rings (SSSR count). The molecule has 0 aliphatic carbocycles. The largest absolute Gasteiger partial charge is 0.496 e. The van der Waals surface area contributed by atoms with Gasteiger partial charge in [0.25, 0.3) is 0 Å². The minimum atomic E-state index is 0.588. The van der Waals surface area contributed by atoms with Gasteiger partial charge in [-0.15, -0.1) is 0 Å². The summed E-state index contributed by atoms with van der Waals surface area (Å²) in [6, 6.07) is 46.2. The van der Waals surface area contributed by atoms with Gasteiger partial charge in [-0.1, -0.05) is 97.1 Å². The number of carbonyl (C=O) groups is 4. The van der Waals surface area contributed by atoms with Crippen LogP contribution in [0.15, 0.2) is 146 Å². The molecule has 0 aliphatic heterocycles. The highest BCUT2D eigenvalue weighted by molar-refractivity contribution is 5.90. The van der Waals surface area contributed by atoms with E-state index in [0.717, 1.165) is 91.9 Å². The summed E-state index contributed by atoms with van der Waals surface area (Å²) in [5.41, 5.74) is 13.2. The second kappa shape index (κ2) is 15.6. The first-order chi connectivity index (χ1) is 26.4. The molecule has 0 atom stereocenters. The zero-order valence-electron chi connectivity index (χ0n) is 29.6. The Morgan fingerprint density at radius 1 is 0.296 bits per heavy atom. The summed E-state index contributed by atoms with van der Waals surface area (Å²) in [6.07, 6.45) is 3.29. The molecule has 262 valence electrons. The topological polar surface area (TPSA) is 86.7 Å². The van der Waals surface area contributed by atoms with Crippen molar-refractivity contribution in [2.45, 2.75) is 0 Å². The Labute approximate surface area is 313 Å². The second-order valence-electron chi connectivity index (χ2n) is 12.8. The lowest BCUT2D eigenvalue weighted by Gasteiger charge is -2.18. The smallest absolute Gasteiger partial charge is 0.150 e. The monoisotopic (exact) mass is 706 g/mol. The quantitative estimate of drug-likeness (QED) is 0.118. The maximum Gasteiger partial charge on any atom is 0.150 e. The van der Waals surface area contributed by atoms with Gasteiger partial charge in [0.15, 0.2) is 0 Å². The normalized spacial score (nSPS) is 10.7. The van der Waals surface area contributed by atoms with Crippen molar-refractivity contribution >= 4 is 25.1 Å². The molecule has 0 N–H and O–H groups in total. The third kappa shape index (κ3) is 7.27. The second-order valence-corrected chi connectivity index (χ2v) is 12.8. The van der Waals surface area contributed by atoms with Crippen LogP contribution in [0.4, 0.5) is 0 Å². The molecule has 0 saturated heterocycles. The van der Waals surface area contributed by atoms with E-state index in [4.69, 9.17) is 9.47 Å². The van der Waals surface area contributed by atoms with Crippen LogP contribution in [0.1, 0.15) is 41.4 Å². The van der Waals surface area contributed by atoms with Gasteiger partial charge in [0, 0.05) is 33.4 Å². The molecule has 0 bridgehead atoms. The van der Waals surface area contributed by atoms with Crippen LogP contribution in [0.3, 0.4) is 0 Å². The number of aldehydes is 4. The summed E-state index contributed by atoms with van der Waals surface area (Å²) in [5.74, 6) is 1.25. The third-order valence-corrected chi connectivity index (χ3v) is 9.53. The summed E-state index contributed by atoms with van der Waals surface area (Å²) >= 11 is 0. The zero-order chi connectivity index (χ0) is 37.6. The van der Waals surface area contributed by atoms with E-state index in [0.29, 0.717) is 33.8 Å². The molecule has 6 heteroatoms. The third-order valence-electron chi connectivity index (χ3n) is 9.53. The van der Waals surface area contributed by atoms with Gasteiger partial charge in [-0.2, -0.15) is 0 Å². The van der Waals surface area contributed by atoms with Crippen molar-refractivity contribution in [2.24, 2.45) is 0 Å². The Kier molecular flexibility index (Phi) is 10.2. The van der Waals surface area contributed by atoms with Gasteiger partial charge in [0.05, 0.1) is 14.2 Å². The molecule has 0 unspecified atom stereocenters. The first-order valence-electron chi connectivity index (χ1n) is 17.2. The Balaban J connectivity index is 1.41. The predicted molar refractivity (Wildman–Crippen MR) is 214 cm³/mol. The first-order valence-corrected chi connectivity index (χ1v) is 17.2. The molecular formula is C48H34O6. The Morgan fingerprint density at radius 3 is 0.722 bits per heavy atom. The number of methoxy groups -OCH3 is 2. The van der Waals surface area contributed by atoms with Crippen molar-refractivity contribution in [1.29, 1.82) is 0 Å². The standard InChI is InChI=1S/C48H34O6/c1-53-47-25-46(44-23-41(37-15-7-33(29-51)8-16-37)20-42(24-44)38-17-9-34(30-52)10-18-38)48(54-2)26-45(47)43-21-39(35-11-3-31(27-49)4-12-35)19-40(22-43)36-13-5-32(28-50)6-14-36/h3-30H,1-2H3. The SMILES string of the molecule is COc1cc(-c2cc(-c3ccc(C=O)cc3)cc(-c3ccc(C=O)cc3)c2)c(OC)cc1-c1cc(-c2ccc(C=O)cc2)cc(-c2ccc(C=O)cc2)c1. The van der Waals surface area contributed by atoms with Crippen LogP contribution in [0.25, 0.3) is 66.8 Å². The van der Waals surface area contributed by atoms with Crippen molar-refractivity contribution in [2.75, 3.05) is 14.2 Å².